The molecule has 4 aliphatic carbocycles. The third-order valence-corrected chi connectivity index (χ3v) is 6.41. The van der Waals surface area contributed by atoms with Crippen molar-refractivity contribution in [2.24, 2.45) is 23.7 Å². The van der Waals surface area contributed by atoms with Crippen molar-refractivity contribution in [3.8, 4) is 5.75 Å². The van der Waals surface area contributed by atoms with Crippen LogP contribution in [0.15, 0.2) is 72.8 Å². The molecule has 6 rings (SSSR count). The Morgan fingerprint density at radius 3 is 2.40 bits per heavy atom. The average Bonchev–Trinajstić information content (AvgIpc) is 3.27. The summed E-state index contributed by atoms with van der Waals surface area (Å²) in [5, 5.41) is 11.2. The predicted molar refractivity (Wildman–Crippen MR) is 93.9 cm³/mol. The molecule has 2 aromatic carbocycles. The van der Waals surface area contributed by atoms with Crippen LogP contribution < -0.4 is 4.74 Å². The summed E-state index contributed by atoms with van der Waals surface area (Å²) in [6, 6.07) is 19.4. The van der Waals surface area contributed by atoms with Gasteiger partial charge in [-0.25, -0.2) is 0 Å². The summed E-state index contributed by atoms with van der Waals surface area (Å²) in [6.45, 7) is 0. The van der Waals surface area contributed by atoms with Crippen LogP contribution in [0.5, 0.6) is 5.75 Å². The Morgan fingerprint density at radius 2 is 1.68 bits per heavy atom. The molecule has 126 valence electrons. The summed E-state index contributed by atoms with van der Waals surface area (Å²) in [5.41, 5.74) is 0.992. The molecule has 0 radical (unpaired) electrons. The van der Waals surface area contributed by atoms with Crippen molar-refractivity contribution in [3.63, 3.8) is 0 Å². The average molecular weight is 332 g/mol. The summed E-state index contributed by atoms with van der Waals surface area (Å²) in [5.74, 6) is 0.597. The molecule has 2 saturated carbocycles. The van der Waals surface area contributed by atoms with E-state index in [1.54, 1.807) is 12.1 Å². The van der Waals surface area contributed by atoms with Crippen LogP contribution in [0.1, 0.15) is 12.0 Å². The number of carbonyl (C=O) groups is 1. The number of benzene rings is 2. The smallest absolute Gasteiger partial charge is 0.318 e. The highest BCUT2D eigenvalue weighted by Gasteiger charge is 2.75. The number of rotatable bonds is 3. The van der Waals surface area contributed by atoms with E-state index in [1.165, 1.54) is 5.56 Å². The molecule has 0 heterocycles. The highest BCUT2D eigenvalue weighted by molar-refractivity contribution is 5.78. The Kier molecular flexibility index (Phi) is 3.16. The Bertz CT molecular complexity index is 829. The summed E-state index contributed by atoms with van der Waals surface area (Å²) >= 11 is 0. The van der Waals surface area contributed by atoms with Crippen LogP contribution in [-0.2, 0) is 10.2 Å². The summed E-state index contributed by atoms with van der Waals surface area (Å²) in [7, 11) is 0. The molecule has 0 unspecified atom stereocenters. The van der Waals surface area contributed by atoms with Gasteiger partial charge in [0.1, 0.15) is 5.75 Å². The number of hydrogen-bond acceptors (Lipinski definition) is 3. The molecule has 0 amide bonds. The zero-order valence-electron chi connectivity index (χ0n) is 13.8. The van der Waals surface area contributed by atoms with Crippen molar-refractivity contribution in [1.29, 1.82) is 0 Å². The van der Waals surface area contributed by atoms with Crippen LogP contribution >= 0.6 is 0 Å². The fraction of sp³-hybridized carbons (Fsp3) is 0.318. The minimum atomic E-state index is -0.506. The van der Waals surface area contributed by atoms with Gasteiger partial charge in [-0.15, -0.1) is 0 Å². The standard InChI is InChI=1S/C22H20O3/c23-20-17-13-19-18(22(19,20)14-7-3-1-4-8-14)12-11-16(17)21(24)25-15-9-5-2-6-10-15/h1-12,16-20,23H,13H2/t16-,17+,18+,19-,20+,22+/m0/s1. The molecule has 6 atom stereocenters. The van der Waals surface area contributed by atoms with E-state index in [9.17, 15) is 9.90 Å². The molecule has 0 aromatic heterocycles. The number of para-hydroxylation sites is 1. The molecular formula is C22H20O3. The number of aliphatic hydroxyl groups is 1. The summed E-state index contributed by atoms with van der Waals surface area (Å²) < 4.78 is 5.55. The topological polar surface area (TPSA) is 46.5 Å². The van der Waals surface area contributed by atoms with Crippen LogP contribution in [0.4, 0.5) is 0 Å². The molecule has 3 heteroatoms. The first kappa shape index (κ1) is 14.9. The van der Waals surface area contributed by atoms with Gasteiger partial charge in [0, 0.05) is 11.3 Å². The first-order valence-electron chi connectivity index (χ1n) is 8.91. The quantitative estimate of drug-likeness (QED) is 0.533. The SMILES string of the molecule is O=C(Oc1ccccc1)[C@H]1C=C[C@@H]2[C@@H]3C[C@H]1[C@@H](O)[C@]23c1ccccc1. The van der Waals surface area contributed by atoms with Crippen LogP contribution in [0.25, 0.3) is 0 Å². The molecule has 1 N–H and O–H groups in total. The predicted octanol–water partition coefficient (Wildman–Crippen LogP) is 3.34. The van der Waals surface area contributed by atoms with Crippen LogP contribution in [0.3, 0.4) is 0 Å². The molecule has 2 fully saturated rings. The lowest BCUT2D eigenvalue weighted by Crippen LogP contribution is -2.37. The maximum atomic E-state index is 12.7. The normalized spacial score (nSPS) is 37.4. The zero-order valence-corrected chi connectivity index (χ0v) is 13.8. The van der Waals surface area contributed by atoms with Crippen molar-refractivity contribution in [3.05, 3.63) is 78.4 Å². The van der Waals surface area contributed by atoms with E-state index < -0.39 is 6.10 Å². The highest BCUT2D eigenvalue weighted by atomic mass is 16.5. The van der Waals surface area contributed by atoms with Crippen LogP contribution in [-0.4, -0.2) is 17.2 Å². The number of aliphatic hydroxyl groups excluding tert-OH is 1. The highest BCUT2D eigenvalue weighted by Crippen LogP contribution is 2.73. The van der Waals surface area contributed by atoms with E-state index in [0.29, 0.717) is 17.6 Å². The molecule has 0 saturated heterocycles. The maximum absolute atomic E-state index is 12.7. The number of ether oxygens (including phenoxy) is 1. The third-order valence-electron chi connectivity index (χ3n) is 6.41. The lowest BCUT2D eigenvalue weighted by Gasteiger charge is -2.27. The fourth-order valence-electron chi connectivity index (χ4n) is 5.30. The Morgan fingerprint density at radius 1 is 1.00 bits per heavy atom. The molecule has 4 bridgehead atoms. The minimum absolute atomic E-state index is 0.0728. The Balaban J connectivity index is 1.43. The number of fused-ring (bicyclic) bond motifs is 1. The van der Waals surface area contributed by atoms with Gasteiger partial charge in [-0.2, -0.15) is 0 Å². The van der Waals surface area contributed by atoms with Gasteiger partial charge in [0.15, 0.2) is 0 Å². The maximum Gasteiger partial charge on any atom is 0.318 e. The Labute approximate surface area is 147 Å². The van der Waals surface area contributed by atoms with Gasteiger partial charge in [-0.1, -0.05) is 60.7 Å². The van der Waals surface area contributed by atoms with Gasteiger partial charge in [-0.05, 0) is 36.0 Å². The van der Waals surface area contributed by atoms with Crippen molar-refractivity contribution < 1.29 is 14.6 Å². The van der Waals surface area contributed by atoms with Crippen LogP contribution in [0, 0.1) is 23.7 Å². The molecule has 4 aliphatic rings. The second kappa shape index (κ2) is 5.30. The largest absolute Gasteiger partial charge is 0.426 e. The molecule has 25 heavy (non-hydrogen) atoms. The molecule has 3 nitrogen and oxygen atoms in total. The molecule has 0 aliphatic heterocycles. The first-order chi connectivity index (χ1) is 12.2. The Hall–Kier alpha value is -2.39. The summed E-state index contributed by atoms with van der Waals surface area (Å²) in [6.07, 6.45) is 4.49. The van der Waals surface area contributed by atoms with Crippen molar-refractivity contribution in [1.82, 2.24) is 0 Å². The zero-order chi connectivity index (χ0) is 17.0. The second-order valence-electron chi connectivity index (χ2n) is 7.42. The first-order valence-corrected chi connectivity index (χ1v) is 8.91. The van der Waals surface area contributed by atoms with E-state index in [2.05, 4.69) is 18.2 Å². The van der Waals surface area contributed by atoms with E-state index in [1.807, 2.05) is 42.5 Å². The second-order valence-corrected chi connectivity index (χ2v) is 7.42. The monoisotopic (exact) mass is 332 g/mol. The van der Waals surface area contributed by atoms with E-state index in [4.69, 9.17) is 4.74 Å². The molecule has 0 spiro atoms. The van der Waals surface area contributed by atoms with Crippen molar-refractivity contribution in [2.75, 3.05) is 0 Å². The minimum Gasteiger partial charge on any atom is -0.426 e. The number of esters is 1. The van der Waals surface area contributed by atoms with E-state index >= 15 is 0 Å². The van der Waals surface area contributed by atoms with Gasteiger partial charge in [0.2, 0.25) is 0 Å². The molecule has 2 aromatic rings. The third kappa shape index (κ3) is 1.99. The lowest BCUT2D eigenvalue weighted by molar-refractivity contribution is -0.140. The van der Waals surface area contributed by atoms with Gasteiger partial charge in [0.05, 0.1) is 12.0 Å². The lowest BCUT2D eigenvalue weighted by atomic mass is 9.81. The van der Waals surface area contributed by atoms with Gasteiger partial charge >= 0.3 is 5.97 Å². The number of hydrogen-bond donors (Lipinski definition) is 1. The molecular weight excluding hydrogens is 312 g/mol. The van der Waals surface area contributed by atoms with Gasteiger partial charge < -0.3 is 9.84 Å². The van der Waals surface area contributed by atoms with E-state index in [-0.39, 0.29) is 23.2 Å². The fourth-order valence-corrected chi connectivity index (χ4v) is 5.30. The summed E-state index contributed by atoms with van der Waals surface area (Å²) in [4.78, 5) is 12.7. The number of carbonyl (C=O) groups excluding carboxylic acids is 1. The van der Waals surface area contributed by atoms with Crippen molar-refractivity contribution >= 4 is 5.97 Å². The van der Waals surface area contributed by atoms with Gasteiger partial charge in [-0.3, -0.25) is 4.79 Å². The van der Waals surface area contributed by atoms with E-state index in [0.717, 1.165) is 6.42 Å². The van der Waals surface area contributed by atoms with Gasteiger partial charge in [0.25, 0.3) is 0 Å². The van der Waals surface area contributed by atoms with Crippen molar-refractivity contribution in [2.45, 2.75) is 17.9 Å². The van der Waals surface area contributed by atoms with Crippen LogP contribution in [0.2, 0.25) is 0 Å². The number of allylic oxidation sites excluding steroid dienone is 1.